The minimum atomic E-state index is -0.273. The number of amides is 1. The molecule has 6 heteroatoms. The van der Waals surface area contributed by atoms with Crippen molar-refractivity contribution >= 4 is 17.2 Å². The summed E-state index contributed by atoms with van der Waals surface area (Å²) in [4.78, 5) is 16.1. The van der Waals surface area contributed by atoms with Gasteiger partial charge in [-0.1, -0.05) is 6.92 Å². The Morgan fingerprint density at radius 1 is 1.67 bits per heavy atom. The Bertz CT molecular complexity index is 503. The van der Waals surface area contributed by atoms with Crippen molar-refractivity contribution in [3.8, 4) is 10.8 Å². The summed E-state index contributed by atoms with van der Waals surface area (Å²) in [5.74, 6) is 0.373. The molecule has 0 aromatic carbocycles. The van der Waals surface area contributed by atoms with Crippen LogP contribution in [0.1, 0.15) is 23.8 Å². The van der Waals surface area contributed by atoms with Crippen LogP contribution in [0.4, 0.5) is 0 Å². The molecule has 0 aliphatic heterocycles. The molecule has 0 saturated heterocycles. The number of thiazole rings is 1. The number of aromatic nitrogens is 1. The lowest BCUT2D eigenvalue weighted by Gasteiger charge is -2.12. The number of carbonyl (C=O) groups is 1. The van der Waals surface area contributed by atoms with E-state index < -0.39 is 0 Å². The number of nitrogens with zero attached hydrogens (tertiary/aromatic N) is 1. The Morgan fingerprint density at radius 3 is 3.11 bits per heavy atom. The smallest absolute Gasteiger partial charge is 0.271 e. The lowest BCUT2D eigenvalue weighted by Crippen LogP contribution is -2.37. The second kappa shape index (κ2) is 5.79. The van der Waals surface area contributed by atoms with Crippen LogP contribution < -0.4 is 5.32 Å². The summed E-state index contributed by atoms with van der Waals surface area (Å²) >= 11 is 1.35. The molecular formula is C12H14N2O3S. The van der Waals surface area contributed by atoms with Gasteiger partial charge in [-0.05, 0) is 18.6 Å². The molecule has 0 aliphatic rings. The molecule has 2 N–H and O–H groups in total. The maximum absolute atomic E-state index is 11.8. The highest BCUT2D eigenvalue weighted by Gasteiger charge is 2.15. The summed E-state index contributed by atoms with van der Waals surface area (Å²) in [6.45, 7) is 1.83. The number of rotatable bonds is 5. The molecule has 2 rings (SSSR count). The van der Waals surface area contributed by atoms with E-state index in [9.17, 15) is 4.79 Å². The highest BCUT2D eigenvalue weighted by Crippen LogP contribution is 2.23. The Hall–Kier alpha value is -1.66. The molecule has 5 nitrogen and oxygen atoms in total. The van der Waals surface area contributed by atoms with Crippen molar-refractivity contribution in [3.63, 3.8) is 0 Å². The lowest BCUT2D eigenvalue weighted by atomic mass is 10.2. The van der Waals surface area contributed by atoms with Gasteiger partial charge >= 0.3 is 0 Å². The Balaban J connectivity index is 2.08. The molecule has 96 valence electrons. The van der Waals surface area contributed by atoms with Gasteiger partial charge in [0.2, 0.25) is 0 Å². The third-order valence-electron chi connectivity index (χ3n) is 2.52. The fraction of sp³-hybridized carbons (Fsp3) is 0.333. The van der Waals surface area contributed by atoms with E-state index in [1.165, 1.54) is 11.3 Å². The van der Waals surface area contributed by atoms with E-state index in [4.69, 9.17) is 9.52 Å². The quantitative estimate of drug-likeness (QED) is 0.866. The van der Waals surface area contributed by atoms with Gasteiger partial charge in [-0.3, -0.25) is 4.79 Å². The van der Waals surface area contributed by atoms with Crippen LogP contribution in [-0.2, 0) is 0 Å². The summed E-state index contributed by atoms with van der Waals surface area (Å²) < 4.78 is 5.21. The molecule has 0 fully saturated rings. The van der Waals surface area contributed by atoms with Gasteiger partial charge in [-0.2, -0.15) is 0 Å². The molecule has 1 unspecified atom stereocenters. The molecule has 0 saturated carbocycles. The van der Waals surface area contributed by atoms with E-state index >= 15 is 0 Å². The maximum atomic E-state index is 11.8. The van der Waals surface area contributed by atoms with Gasteiger partial charge in [0, 0.05) is 5.38 Å². The average Bonchev–Trinajstić information content (AvgIpc) is 3.04. The zero-order valence-corrected chi connectivity index (χ0v) is 10.7. The first kappa shape index (κ1) is 12.8. The highest BCUT2D eigenvalue weighted by molar-refractivity contribution is 7.13. The second-order valence-electron chi connectivity index (χ2n) is 3.78. The van der Waals surface area contributed by atoms with Crippen LogP contribution in [0.5, 0.6) is 0 Å². The van der Waals surface area contributed by atoms with Crippen molar-refractivity contribution in [1.82, 2.24) is 10.3 Å². The number of hydrogen-bond donors (Lipinski definition) is 2. The zero-order chi connectivity index (χ0) is 13.0. The molecule has 0 aliphatic carbocycles. The monoisotopic (exact) mass is 266 g/mol. The summed E-state index contributed by atoms with van der Waals surface area (Å²) in [5.41, 5.74) is 0.346. The number of carbonyl (C=O) groups excluding carboxylic acids is 1. The largest absolute Gasteiger partial charge is 0.462 e. The van der Waals surface area contributed by atoms with Crippen molar-refractivity contribution in [1.29, 1.82) is 0 Å². The minimum Gasteiger partial charge on any atom is -0.462 e. The Labute approximate surface area is 108 Å². The van der Waals surface area contributed by atoms with Gasteiger partial charge < -0.3 is 14.8 Å². The highest BCUT2D eigenvalue weighted by atomic mass is 32.1. The van der Waals surface area contributed by atoms with Gasteiger partial charge in [-0.25, -0.2) is 4.98 Å². The standard InChI is InChI=1S/C12H14N2O3S/c1-2-8(6-15)13-11(16)9-7-18-12(14-9)10-4-3-5-17-10/h3-5,7-8,15H,2,6H2,1H3,(H,13,16). The van der Waals surface area contributed by atoms with Gasteiger partial charge in [0.1, 0.15) is 5.69 Å². The molecule has 18 heavy (non-hydrogen) atoms. The van der Waals surface area contributed by atoms with Gasteiger partial charge in [0.05, 0.1) is 18.9 Å². The first-order chi connectivity index (χ1) is 8.74. The van der Waals surface area contributed by atoms with Crippen molar-refractivity contribution < 1.29 is 14.3 Å². The average molecular weight is 266 g/mol. The van der Waals surface area contributed by atoms with Gasteiger partial charge in [0.15, 0.2) is 10.8 Å². The predicted molar refractivity (Wildman–Crippen MR) is 68.4 cm³/mol. The van der Waals surface area contributed by atoms with Crippen LogP contribution in [-0.4, -0.2) is 28.6 Å². The number of hydrogen-bond acceptors (Lipinski definition) is 5. The molecule has 2 aromatic rings. The van der Waals surface area contributed by atoms with E-state index in [1.54, 1.807) is 23.8 Å². The summed E-state index contributed by atoms with van der Waals surface area (Å²) in [7, 11) is 0. The molecule has 0 spiro atoms. The van der Waals surface area contributed by atoms with E-state index in [0.29, 0.717) is 22.9 Å². The molecular weight excluding hydrogens is 252 g/mol. The van der Waals surface area contributed by atoms with Gasteiger partial charge in [0.25, 0.3) is 5.91 Å². The van der Waals surface area contributed by atoms with Crippen LogP contribution in [0.2, 0.25) is 0 Å². The zero-order valence-electron chi connectivity index (χ0n) is 9.92. The van der Waals surface area contributed by atoms with Crippen LogP contribution >= 0.6 is 11.3 Å². The third kappa shape index (κ3) is 2.77. The van der Waals surface area contributed by atoms with Crippen LogP contribution in [0.15, 0.2) is 28.2 Å². The van der Waals surface area contributed by atoms with E-state index in [2.05, 4.69) is 10.3 Å². The van der Waals surface area contributed by atoms with Crippen LogP contribution in [0.3, 0.4) is 0 Å². The third-order valence-corrected chi connectivity index (χ3v) is 3.37. The second-order valence-corrected chi connectivity index (χ2v) is 4.63. The topological polar surface area (TPSA) is 75.4 Å². The van der Waals surface area contributed by atoms with E-state index in [1.807, 2.05) is 6.92 Å². The molecule has 0 radical (unpaired) electrons. The fourth-order valence-corrected chi connectivity index (χ4v) is 2.19. The molecule has 0 bridgehead atoms. The molecule has 2 aromatic heterocycles. The van der Waals surface area contributed by atoms with Crippen molar-refractivity contribution in [2.45, 2.75) is 19.4 Å². The van der Waals surface area contributed by atoms with Crippen molar-refractivity contribution in [2.24, 2.45) is 0 Å². The molecule has 1 atom stereocenters. The van der Waals surface area contributed by atoms with E-state index in [-0.39, 0.29) is 18.6 Å². The normalized spacial score (nSPS) is 12.3. The fourth-order valence-electron chi connectivity index (χ4n) is 1.43. The number of aliphatic hydroxyl groups excluding tert-OH is 1. The molecule has 2 heterocycles. The summed E-state index contributed by atoms with van der Waals surface area (Å²) in [5, 5.41) is 14.1. The van der Waals surface area contributed by atoms with Crippen LogP contribution in [0.25, 0.3) is 10.8 Å². The SMILES string of the molecule is CCC(CO)NC(=O)c1csc(-c2ccco2)n1. The van der Waals surface area contributed by atoms with Crippen molar-refractivity contribution in [3.05, 3.63) is 29.5 Å². The van der Waals surface area contributed by atoms with Gasteiger partial charge in [-0.15, -0.1) is 11.3 Å². The summed E-state index contributed by atoms with van der Waals surface area (Å²) in [6.07, 6.45) is 2.24. The predicted octanol–water partition coefficient (Wildman–Crippen LogP) is 1.90. The van der Waals surface area contributed by atoms with E-state index in [0.717, 1.165) is 0 Å². The first-order valence-corrected chi connectivity index (χ1v) is 6.53. The number of aliphatic hydroxyl groups is 1. The Kier molecular flexibility index (Phi) is 4.11. The number of furan rings is 1. The lowest BCUT2D eigenvalue weighted by molar-refractivity contribution is 0.0910. The molecule has 1 amide bonds. The number of nitrogens with one attached hydrogen (secondary N) is 1. The minimum absolute atomic E-state index is 0.0720. The van der Waals surface area contributed by atoms with Crippen LogP contribution in [0, 0.1) is 0 Å². The first-order valence-electron chi connectivity index (χ1n) is 5.65. The maximum Gasteiger partial charge on any atom is 0.271 e. The van der Waals surface area contributed by atoms with Crippen molar-refractivity contribution in [2.75, 3.05) is 6.61 Å². The summed E-state index contributed by atoms with van der Waals surface area (Å²) in [6, 6.07) is 3.34. The Morgan fingerprint density at radius 2 is 2.50 bits per heavy atom.